The van der Waals surface area contributed by atoms with Crippen LogP contribution in [0.2, 0.25) is 5.02 Å². The molecule has 0 fully saturated rings. The second-order valence-corrected chi connectivity index (χ2v) is 3.15. The van der Waals surface area contributed by atoms with Gasteiger partial charge in [-0.25, -0.2) is 4.39 Å². The van der Waals surface area contributed by atoms with Crippen molar-refractivity contribution in [2.45, 2.75) is 0 Å². The van der Waals surface area contributed by atoms with E-state index >= 15 is 0 Å². The number of nitrogens with zero attached hydrogens (tertiary/aromatic N) is 1. The van der Waals surface area contributed by atoms with Gasteiger partial charge in [-0.1, -0.05) is 27.5 Å². The number of nitriles is 1. The van der Waals surface area contributed by atoms with Crippen LogP contribution in [0, 0.1) is 17.1 Å². The summed E-state index contributed by atoms with van der Waals surface area (Å²) < 4.78 is 13.2. The lowest BCUT2D eigenvalue weighted by molar-refractivity contribution is 0.627. The molecular weight excluding hydrogens is 232 g/mol. The number of hydrogen-bond donors (Lipinski definition) is 0. The zero-order valence-corrected chi connectivity index (χ0v) is 7.58. The molecule has 0 atom stereocenters. The highest BCUT2D eigenvalue weighted by atomic mass is 79.9. The first kappa shape index (κ1) is 8.51. The third-order valence-electron chi connectivity index (χ3n) is 1.11. The van der Waals surface area contributed by atoms with Crippen LogP contribution in [0.25, 0.3) is 0 Å². The van der Waals surface area contributed by atoms with Gasteiger partial charge in [0.1, 0.15) is 11.9 Å². The molecule has 0 N–H and O–H groups in total. The van der Waals surface area contributed by atoms with Gasteiger partial charge in [-0.05, 0) is 12.1 Å². The minimum Gasteiger partial charge on any atom is -0.205 e. The summed E-state index contributed by atoms with van der Waals surface area (Å²) in [6, 6.07) is 4.45. The molecule has 1 aromatic rings. The Labute approximate surface area is 76.5 Å². The van der Waals surface area contributed by atoms with Crippen molar-refractivity contribution in [1.29, 1.82) is 5.26 Å². The van der Waals surface area contributed by atoms with E-state index in [1.54, 1.807) is 6.07 Å². The van der Waals surface area contributed by atoms with Crippen LogP contribution in [0.1, 0.15) is 5.56 Å². The maximum atomic E-state index is 12.7. The van der Waals surface area contributed by atoms with Crippen LogP contribution in [-0.2, 0) is 0 Å². The van der Waals surface area contributed by atoms with Crippen LogP contribution >= 0.6 is 27.5 Å². The van der Waals surface area contributed by atoms with Crippen molar-refractivity contribution in [3.8, 4) is 6.07 Å². The summed E-state index contributed by atoms with van der Waals surface area (Å²) >= 11 is 8.49. The number of benzene rings is 1. The highest BCUT2D eigenvalue weighted by Crippen LogP contribution is 2.23. The van der Waals surface area contributed by atoms with E-state index in [-0.39, 0.29) is 10.6 Å². The highest BCUT2D eigenvalue weighted by molar-refractivity contribution is 9.10. The average molecular weight is 234 g/mol. The zero-order valence-electron chi connectivity index (χ0n) is 5.24. The van der Waals surface area contributed by atoms with Crippen molar-refractivity contribution < 1.29 is 4.39 Å². The Morgan fingerprint density at radius 2 is 2.18 bits per heavy atom. The predicted molar refractivity (Wildman–Crippen MR) is 43.8 cm³/mol. The van der Waals surface area contributed by atoms with Crippen LogP contribution in [-0.4, -0.2) is 0 Å². The van der Waals surface area contributed by atoms with E-state index in [2.05, 4.69) is 15.9 Å². The zero-order chi connectivity index (χ0) is 8.43. The lowest BCUT2D eigenvalue weighted by Gasteiger charge is -1.96. The summed E-state index contributed by atoms with van der Waals surface area (Å²) in [6.45, 7) is 0. The lowest BCUT2D eigenvalue weighted by Crippen LogP contribution is -1.82. The van der Waals surface area contributed by atoms with Crippen LogP contribution in [0.3, 0.4) is 0 Å². The molecule has 1 aromatic carbocycles. The fourth-order valence-electron chi connectivity index (χ4n) is 0.637. The molecular formula is C7H2BrClFN. The fourth-order valence-corrected chi connectivity index (χ4v) is 1.22. The molecule has 0 saturated carbocycles. The van der Waals surface area contributed by atoms with E-state index in [9.17, 15) is 4.39 Å². The summed E-state index contributed by atoms with van der Waals surface area (Å²) in [4.78, 5) is 0. The molecule has 56 valence electrons. The summed E-state index contributed by atoms with van der Waals surface area (Å²) in [5, 5.41) is 8.32. The fraction of sp³-hybridized carbons (Fsp3) is 0. The molecule has 4 heteroatoms. The predicted octanol–water partition coefficient (Wildman–Crippen LogP) is 3.11. The van der Waals surface area contributed by atoms with E-state index in [1.807, 2.05) is 0 Å². The molecule has 0 radical (unpaired) electrons. The molecule has 0 spiro atoms. The Morgan fingerprint density at radius 3 is 2.73 bits per heavy atom. The van der Waals surface area contributed by atoms with E-state index in [0.717, 1.165) is 0 Å². The smallest absolute Gasteiger partial charge is 0.144 e. The Hall–Kier alpha value is -0.590. The van der Waals surface area contributed by atoms with Gasteiger partial charge in [-0.3, -0.25) is 0 Å². The van der Waals surface area contributed by atoms with Crippen molar-refractivity contribution in [3.05, 3.63) is 33.0 Å². The van der Waals surface area contributed by atoms with Gasteiger partial charge in [0, 0.05) is 4.47 Å². The van der Waals surface area contributed by atoms with E-state index in [0.29, 0.717) is 4.47 Å². The Morgan fingerprint density at radius 1 is 1.55 bits per heavy atom. The Kier molecular flexibility index (Phi) is 2.48. The average Bonchev–Trinajstić information content (AvgIpc) is 1.96. The standard InChI is InChI=1S/C7H2BrClFN/c8-5-1-4(3-11)7(9)6(10)2-5/h1-2H. The normalized spacial score (nSPS) is 9.27. The van der Waals surface area contributed by atoms with E-state index in [4.69, 9.17) is 16.9 Å². The SMILES string of the molecule is N#Cc1cc(Br)cc(F)c1Cl. The molecule has 0 unspecified atom stereocenters. The largest absolute Gasteiger partial charge is 0.205 e. The molecule has 0 bridgehead atoms. The van der Waals surface area contributed by atoms with Gasteiger partial charge in [0.15, 0.2) is 0 Å². The molecule has 0 aromatic heterocycles. The molecule has 0 amide bonds. The number of rotatable bonds is 0. The number of halogens is 3. The maximum absolute atomic E-state index is 12.7. The van der Waals surface area contributed by atoms with Crippen LogP contribution < -0.4 is 0 Å². The van der Waals surface area contributed by atoms with Crippen molar-refractivity contribution in [1.82, 2.24) is 0 Å². The first-order valence-corrected chi connectivity index (χ1v) is 3.87. The quantitative estimate of drug-likeness (QED) is 0.633. The molecule has 0 heterocycles. The third kappa shape index (κ3) is 1.70. The Bertz CT molecular complexity index is 332. The minimum absolute atomic E-state index is 0.129. The molecule has 0 aliphatic carbocycles. The lowest BCUT2D eigenvalue weighted by atomic mass is 10.2. The van der Waals surface area contributed by atoms with Crippen molar-refractivity contribution in [3.63, 3.8) is 0 Å². The van der Waals surface area contributed by atoms with Gasteiger partial charge in [0.25, 0.3) is 0 Å². The van der Waals surface area contributed by atoms with Crippen molar-refractivity contribution in [2.75, 3.05) is 0 Å². The minimum atomic E-state index is -0.586. The van der Waals surface area contributed by atoms with Crippen LogP contribution in [0.5, 0.6) is 0 Å². The van der Waals surface area contributed by atoms with Crippen LogP contribution in [0.4, 0.5) is 4.39 Å². The van der Waals surface area contributed by atoms with Gasteiger partial charge in [0.2, 0.25) is 0 Å². The van der Waals surface area contributed by atoms with E-state index < -0.39 is 5.82 Å². The van der Waals surface area contributed by atoms with Gasteiger partial charge in [-0.2, -0.15) is 5.26 Å². The van der Waals surface area contributed by atoms with Gasteiger partial charge >= 0.3 is 0 Å². The highest BCUT2D eigenvalue weighted by Gasteiger charge is 2.06. The molecule has 11 heavy (non-hydrogen) atoms. The number of hydrogen-bond acceptors (Lipinski definition) is 1. The molecule has 0 aliphatic heterocycles. The van der Waals surface area contributed by atoms with Crippen LogP contribution in [0.15, 0.2) is 16.6 Å². The van der Waals surface area contributed by atoms with Crippen molar-refractivity contribution in [2.24, 2.45) is 0 Å². The second-order valence-electron chi connectivity index (χ2n) is 1.86. The Balaban J connectivity index is 3.39. The van der Waals surface area contributed by atoms with Gasteiger partial charge in [0.05, 0.1) is 10.6 Å². The molecule has 0 aliphatic rings. The summed E-state index contributed by atoms with van der Waals surface area (Å²) in [7, 11) is 0. The summed E-state index contributed by atoms with van der Waals surface area (Å²) in [5.41, 5.74) is 0.138. The molecule has 1 rings (SSSR count). The molecule has 0 saturated heterocycles. The maximum Gasteiger partial charge on any atom is 0.144 e. The first-order valence-electron chi connectivity index (χ1n) is 2.70. The second kappa shape index (κ2) is 3.21. The van der Waals surface area contributed by atoms with Crippen molar-refractivity contribution >= 4 is 27.5 Å². The molecule has 1 nitrogen and oxygen atoms in total. The van der Waals surface area contributed by atoms with Gasteiger partial charge in [-0.15, -0.1) is 0 Å². The monoisotopic (exact) mass is 233 g/mol. The summed E-state index contributed by atoms with van der Waals surface area (Å²) in [6.07, 6.45) is 0. The first-order chi connectivity index (χ1) is 5.15. The summed E-state index contributed by atoms with van der Waals surface area (Å²) in [5.74, 6) is -0.586. The van der Waals surface area contributed by atoms with E-state index in [1.165, 1.54) is 12.1 Å². The van der Waals surface area contributed by atoms with Gasteiger partial charge < -0.3 is 0 Å². The third-order valence-corrected chi connectivity index (χ3v) is 1.96. The topological polar surface area (TPSA) is 23.8 Å².